The number of aliphatic hydroxyl groups is 1. The molecule has 0 aliphatic carbocycles. The molecule has 3 aromatic heterocycles. The number of thioether (sulfide) groups is 1. The number of aromatic nitrogens is 4. The van der Waals surface area contributed by atoms with E-state index in [1.54, 1.807) is 60.9 Å². The molecule has 42 heteroatoms. The fraction of sp³-hybridized carbons (Fsp3) is 0.523. The third-order valence-corrected chi connectivity index (χ3v) is 24.7. The van der Waals surface area contributed by atoms with E-state index in [1.807, 2.05) is 13.8 Å². The van der Waals surface area contributed by atoms with Crippen LogP contribution in [0.5, 0.6) is 5.75 Å². The maximum absolute atomic E-state index is 15.6. The van der Waals surface area contributed by atoms with Gasteiger partial charge in [-0.05, 0) is 119 Å². The zero-order valence-corrected chi connectivity index (χ0v) is 74.8. The highest BCUT2D eigenvalue weighted by atomic mass is 32.2. The molecule has 3 aliphatic heterocycles. The number of benzene rings is 3. The molecule has 41 nitrogen and oxygen atoms in total. The number of carbonyl (C=O) groups is 17. The lowest BCUT2D eigenvalue weighted by Crippen LogP contribution is -2.61. The summed E-state index contributed by atoms with van der Waals surface area (Å²) >= 11 is 0.804. The number of amides is 16. The van der Waals surface area contributed by atoms with E-state index in [2.05, 4.69) is 73.1 Å². The van der Waals surface area contributed by atoms with Gasteiger partial charge in [0.25, 0.3) is 0 Å². The third kappa shape index (κ3) is 27.3. The van der Waals surface area contributed by atoms with E-state index < -0.39 is 210 Å². The lowest BCUT2D eigenvalue weighted by molar-refractivity contribution is -0.149. The third-order valence-electron chi connectivity index (χ3n) is 23.6. The maximum atomic E-state index is 15.6. The molecule has 0 spiro atoms. The number of imidazole rings is 1. The number of carboxylic acids is 1. The summed E-state index contributed by atoms with van der Waals surface area (Å²) in [5.41, 5.74) is 14.2. The SMILES string of the molecule is CCCC[C@H]1C(=O)N(C)[C@@H](CCCC)C(=O)N[C@@H](C)C(=O)N[C@H](C(=O)NCC(N)=O)CSCC(=O)N[C@@H](Cc2ccc(O)cc2)C(=O)N(C)[C@@H](C)C(=O)N[C@@H](CCCCN)C(=O)N2CCC[C@H]2C(=O)N[C@@H](Cc2c[nH]cn2)C(=O)N[C@@H](CC(=O)O)C(=O)N2CCCC2C(=O)N[C@@H](Cc2c[nH]c3ccccc23)C(=O)N[C@@H](CO)C(=O)N[C@@H](Cc2c[nH]c3ccccc23)C(=O)N1C. The quantitative estimate of drug-likeness (QED) is 0.0308. The second kappa shape index (κ2) is 48.4. The monoisotopic (exact) mass is 1820 g/mol. The van der Waals surface area contributed by atoms with Crippen molar-refractivity contribution in [2.45, 2.75) is 228 Å². The van der Waals surface area contributed by atoms with E-state index in [1.165, 1.54) is 76.7 Å². The first kappa shape index (κ1) is 101. The van der Waals surface area contributed by atoms with Crippen LogP contribution in [0.4, 0.5) is 0 Å². The molecule has 20 N–H and O–H groups in total. The summed E-state index contributed by atoms with van der Waals surface area (Å²) in [7, 11) is 4.00. The van der Waals surface area contributed by atoms with Gasteiger partial charge in [-0.25, -0.2) is 4.98 Å². The number of nitrogens with zero attached hydrogens (tertiary/aromatic N) is 6. The number of hydrogen-bond donors (Lipinski definition) is 18. The summed E-state index contributed by atoms with van der Waals surface area (Å²) in [5, 5.41) is 59.3. The molecule has 9 rings (SSSR count). The number of carboxylic acid groups (broad SMARTS) is 1. The number of para-hydroxylation sites is 2. The molecule has 130 heavy (non-hydrogen) atoms. The predicted octanol–water partition coefficient (Wildman–Crippen LogP) is -1.46. The van der Waals surface area contributed by atoms with Crippen molar-refractivity contribution < 1.29 is 96.8 Å². The molecule has 6 aromatic rings. The number of unbranched alkanes of at least 4 members (excludes halogenated alkanes) is 3. The number of nitrogens with two attached hydrogens (primary N) is 2. The number of H-pyrrole nitrogens is 3. The van der Waals surface area contributed by atoms with Gasteiger partial charge in [0.2, 0.25) is 94.5 Å². The Hall–Kier alpha value is -13.0. The van der Waals surface area contributed by atoms with E-state index in [0.717, 1.165) is 31.4 Å². The lowest BCUT2D eigenvalue weighted by atomic mass is 10.00. The van der Waals surface area contributed by atoms with Crippen molar-refractivity contribution >= 4 is 134 Å². The fourth-order valence-corrected chi connectivity index (χ4v) is 17.0. The lowest BCUT2D eigenvalue weighted by Gasteiger charge is -2.36. The minimum atomic E-state index is -1.92. The predicted molar refractivity (Wildman–Crippen MR) is 477 cm³/mol. The minimum absolute atomic E-state index is 0.0196. The highest BCUT2D eigenvalue weighted by Crippen LogP contribution is 2.28. The summed E-state index contributed by atoms with van der Waals surface area (Å²) in [4.78, 5) is 267. The van der Waals surface area contributed by atoms with E-state index in [0.29, 0.717) is 70.6 Å². The van der Waals surface area contributed by atoms with Gasteiger partial charge in [0, 0.05) is 106 Å². The normalized spacial score (nSPS) is 24.7. The summed E-state index contributed by atoms with van der Waals surface area (Å²) in [6.07, 6.45) is 6.61. The van der Waals surface area contributed by atoms with Gasteiger partial charge >= 0.3 is 5.97 Å². The second-order valence-corrected chi connectivity index (χ2v) is 34.1. The second-order valence-electron chi connectivity index (χ2n) is 33.0. The summed E-state index contributed by atoms with van der Waals surface area (Å²) in [6.45, 7) is 4.59. The molecular formula is C88H121N21O20S. The van der Waals surface area contributed by atoms with Crippen molar-refractivity contribution in [2.75, 3.05) is 65.4 Å². The van der Waals surface area contributed by atoms with Gasteiger partial charge in [0.1, 0.15) is 90.3 Å². The van der Waals surface area contributed by atoms with Gasteiger partial charge in [-0.1, -0.05) is 88.1 Å². The van der Waals surface area contributed by atoms with Crippen LogP contribution < -0.4 is 64.6 Å². The average molecular weight is 1830 g/mol. The van der Waals surface area contributed by atoms with Gasteiger partial charge < -0.3 is 119 Å². The van der Waals surface area contributed by atoms with Crippen molar-refractivity contribution in [3.63, 3.8) is 0 Å². The van der Waals surface area contributed by atoms with E-state index in [9.17, 15) is 63.3 Å². The molecule has 3 aromatic carbocycles. The van der Waals surface area contributed by atoms with Gasteiger partial charge in [0.05, 0.1) is 37.3 Å². The number of fused-ring (bicyclic) bond motifs is 4. The zero-order valence-electron chi connectivity index (χ0n) is 74.0. The number of carbonyl (C=O) groups excluding carboxylic acids is 16. The number of phenols is 1. The Balaban J connectivity index is 1.07. The van der Waals surface area contributed by atoms with Crippen LogP contribution in [0.1, 0.15) is 140 Å². The highest BCUT2D eigenvalue weighted by molar-refractivity contribution is 8.00. The fourth-order valence-electron chi connectivity index (χ4n) is 16.1. The number of aromatic hydroxyl groups is 1. The average Bonchev–Trinajstić information content (AvgIpc) is 1.47. The number of rotatable bonds is 24. The Morgan fingerprint density at radius 2 is 1.04 bits per heavy atom. The Labute approximate surface area is 755 Å². The van der Waals surface area contributed by atoms with Crippen LogP contribution in [0.3, 0.4) is 0 Å². The number of aliphatic hydroxyl groups excluding tert-OH is 1. The van der Waals surface area contributed by atoms with Crippen molar-refractivity contribution in [1.29, 1.82) is 0 Å². The van der Waals surface area contributed by atoms with Crippen LogP contribution in [0.15, 0.2) is 97.7 Å². The van der Waals surface area contributed by atoms with Crippen molar-refractivity contribution in [1.82, 2.24) is 97.6 Å². The first-order chi connectivity index (χ1) is 62.1. The molecule has 3 saturated heterocycles. The first-order valence-corrected chi connectivity index (χ1v) is 45.0. The first-order valence-electron chi connectivity index (χ1n) is 43.8. The van der Waals surface area contributed by atoms with Crippen LogP contribution in [0, 0.1) is 0 Å². The van der Waals surface area contributed by atoms with E-state index >= 15 is 33.6 Å². The topological polar surface area (TPSA) is 600 Å². The minimum Gasteiger partial charge on any atom is -0.508 e. The number of primary amides is 1. The molecular weight excluding hydrogens is 1700 g/mol. The van der Waals surface area contributed by atoms with Crippen LogP contribution in [0.25, 0.3) is 21.8 Å². The van der Waals surface area contributed by atoms with Crippen molar-refractivity contribution in [3.05, 3.63) is 120 Å². The molecule has 16 amide bonds. The van der Waals surface area contributed by atoms with Crippen LogP contribution in [0.2, 0.25) is 0 Å². The van der Waals surface area contributed by atoms with Gasteiger partial charge in [-0.15, -0.1) is 11.8 Å². The molecule has 6 heterocycles. The van der Waals surface area contributed by atoms with Crippen LogP contribution in [-0.4, -0.2) is 310 Å². The molecule has 14 atom stereocenters. The molecule has 704 valence electrons. The van der Waals surface area contributed by atoms with E-state index in [4.69, 9.17) is 11.5 Å². The number of aliphatic carboxylic acids is 1. The number of hydrogen-bond acceptors (Lipinski definition) is 22. The smallest absolute Gasteiger partial charge is 0.305 e. The molecule has 3 aliphatic rings. The summed E-state index contributed by atoms with van der Waals surface area (Å²) < 4.78 is 0. The summed E-state index contributed by atoms with van der Waals surface area (Å²) in [6, 6.07) is -1.42. The maximum Gasteiger partial charge on any atom is 0.305 e. The van der Waals surface area contributed by atoms with Gasteiger partial charge in [-0.2, -0.15) is 0 Å². The Kier molecular flexibility index (Phi) is 37.5. The Bertz CT molecular complexity index is 5010. The number of phenolic OH excluding ortho intramolecular Hbond substituents is 1. The Morgan fingerprint density at radius 1 is 0.523 bits per heavy atom. The Morgan fingerprint density at radius 3 is 1.60 bits per heavy atom. The molecule has 3 fully saturated rings. The largest absolute Gasteiger partial charge is 0.508 e. The highest BCUT2D eigenvalue weighted by Gasteiger charge is 2.45. The molecule has 1 unspecified atom stereocenters. The van der Waals surface area contributed by atoms with Crippen molar-refractivity contribution in [2.24, 2.45) is 11.5 Å². The van der Waals surface area contributed by atoms with Crippen LogP contribution >= 0.6 is 11.8 Å². The van der Waals surface area contributed by atoms with Crippen molar-refractivity contribution in [3.8, 4) is 5.75 Å². The molecule has 0 bridgehead atoms. The number of likely N-dealkylation sites (N-methyl/N-ethyl adjacent to an activating group) is 3. The van der Waals surface area contributed by atoms with E-state index in [-0.39, 0.29) is 114 Å². The van der Waals surface area contributed by atoms with Gasteiger partial charge in [0.15, 0.2) is 0 Å². The standard InChI is InChI=1S/C88H121N21O20S/c1-8-10-25-68-81(122)96-49(3)75(116)104-67(77(118)94-44-72(90)112)46-130-47-73(113)97-63(36-51-29-31-55(111)32-30-51)84(125)105(5)50(4)76(117)98-60(24-16-17-33-89)86(127)108-34-18-27-69(108)83(124)100-62(39-54-43-91-48-95-54)79(120)102-65(40-74(114)115)87(128)109-35-19-28-70(109)82(123)99-61(37-52-41-92-58-22-14-12-20-56(52)58)78(119)103-66(45-110)80(121)101-64(38-53-42-93-59-23-15-13-21-57(53)59)85(126)107(7)71(26-11-9-2)88(129)106(68)6/h12-15,20-23,29-32,41-43,48-50,60-71,92-93,110-111H,8-11,16-19,24-28,33-40,44-47,89H2,1-7H3,(H2,90,112)(H,91,95)(H,94,118)(H,96,122)(H,97,113)(H,98,117)(H,99,123)(H,100,124)(H,101,121)(H,102,120)(H,103,119)(H,104,116)(H,114,115)/t49-,50-,60-,61-,62-,63-,64-,65-,66-,67-,68-,69-,70?,71-/m0/s1. The number of nitrogens with one attached hydrogen (secondary N) is 13. The molecule has 0 saturated carbocycles. The zero-order chi connectivity index (χ0) is 94.6. The number of aromatic amines is 3. The van der Waals surface area contributed by atoms with Crippen LogP contribution in [-0.2, 0) is 107 Å². The molecule has 0 radical (unpaired) electrons. The summed E-state index contributed by atoms with van der Waals surface area (Å²) in [5.74, 6) is -17.0. The van der Waals surface area contributed by atoms with Gasteiger partial charge in [-0.3, -0.25) is 81.5 Å².